The van der Waals surface area contributed by atoms with Crippen LogP contribution in [-0.2, 0) is 19.6 Å². The van der Waals surface area contributed by atoms with Gasteiger partial charge in [0.1, 0.15) is 12.2 Å². The van der Waals surface area contributed by atoms with Crippen molar-refractivity contribution in [3.05, 3.63) is 18.0 Å². The van der Waals surface area contributed by atoms with Crippen molar-refractivity contribution in [2.45, 2.75) is 50.5 Å². The molecule has 0 unspecified atom stereocenters. The van der Waals surface area contributed by atoms with E-state index in [0.29, 0.717) is 45.5 Å². The number of fused-ring (bicyclic) bond motifs is 1. The third-order valence-corrected chi connectivity index (χ3v) is 5.40. The third kappa shape index (κ3) is 4.06. The summed E-state index contributed by atoms with van der Waals surface area (Å²) < 4.78 is 17.2. The highest BCUT2D eigenvalue weighted by Crippen LogP contribution is 2.29. The van der Waals surface area contributed by atoms with Gasteiger partial charge in [-0.25, -0.2) is 14.8 Å². The number of nitrogens with zero attached hydrogens (tertiary/aromatic N) is 3. The Bertz CT molecular complexity index is 704. The number of morpholine rings is 1. The van der Waals surface area contributed by atoms with Crippen molar-refractivity contribution in [3.8, 4) is 0 Å². The Labute approximate surface area is 165 Å². The Morgan fingerprint density at radius 1 is 1.14 bits per heavy atom. The fourth-order valence-electron chi connectivity index (χ4n) is 3.77. The summed E-state index contributed by atoms with van der Waals surface area (Å²) in [6, 6.07) is 1.64. The van der Waals surface area contributed by atoms with Crippen LogP contribution in [0.2, 0.25) is 0 Å². The number of urea groups is 1. The van der Waals surface area contributed by atoms with Crippen LogP contribution >= 0.6 is 0 Å². The summed E-state index contributed by atoms with van der Waals surface area (Å²) >= 11 is 0. The number of carbonyl (C=O) groups is 1. The predicted octanol–water partition coefficient (Wildman–Crippen LogP) is 0.763. The van der Waals surface area contributed by atoms with Gasteiger partial charge in [-0.05, 0) is 6.07 Å². The lowest BCUT2D eigenvalue weighted by molar-refractivity contribution is 0.0485. The number of carbonyl (C=O) groups excluding carboxylic acids is 1. The van der Waals surface area contributed by atoms with Crippen LogP contribution in [0, 0.1) is 0 Å². The second kappa shape index (κ2) is 7.81. The largest absolute Gasteiger partial charge is 0.378 e. The van der Waals surface area contributed by atoms with Crippen LogP contribution < -0.4 is 10.6 Å². The minimum atomic E-state index is -0.173. The Kier molecular flexibility index (Phi) is 5.39. The fraction of sp³-hybridized carbons (Fsp3) is 0.737. The van der Waals surface area contributed by atoms with E-state index < -0.39 is 0 Å². The maximum absolute atomic E-state index is 12.5. The molecule has 1 aromatic heterocycles. The quantitative estimate of drug-likeness (QED) is 0.785. The van der Waals surface area contributed by atoms with E-state index in [1.807, 2.05) is 6.07 Å². The van der Waals surface area contributed by atoms with Gasteiger partial charge in [-0.1, -0.05) is 20.8 Å². The summed E-state index contributed by atoms with van der Waals surface area (Å²) in [6.07, 6.45) is 1.45. The first-order valence-electron chi connectivity index (χ1n) is 9.88. The smallest absolute Gasteiger partial charge is 0.317 e. The molecule has 28 heavy (non-hydrogen) atoms. The molecule has 2 N–H and O–H groups in total. The Morgan fingerprint density at radius 2 is 1.82 bits per heavy atom. The van der Waals surface area contributed by atoms with E-state index in [2.05, 4.69) is 41.4 Å². The number of nitrogens with one attached hydrogen (secondary N) is 2. The van der Waals surface area contributed by atoms with Gasteiger partial charge in [-0.2, -0.15) is 0 Å². The molecule has 3 aliphatic heterocycles. The van der Waals surface area contributed by atoms with Crippen LogP contribution in [0.5, 0.6) is 0 Å². The van der Waals surface area contributed by atoms with Crippen molar-refractivity contribution >= 4 is 12.0 Å². The maximum Gasteiger partial charge on any atom is 0.317 e. The van der Waals surface area contributed by atoms with Crippen molar-refractivity contribution in [3.63, 3.8) is 0 Å². The minimum Gasteiger partial charge on any atom is -0.378 e. The Hall–Kier alpha value is -1.97. The summed E-state index contributed by atoms with van der Waals surface area (Å²) in [4.78, 5) is 23.2. The zero-order valence-electron chi connectivity index (χ0n) is 16.7. The molecule has 4 heterocycles. The van der Waals surface area contributed by atoms with Gasteiger partial charge in [0.05, 0.1) is 44.2 Å². The number of amides is 2. The zero-order valence-corrected chi connectivity index (χ0v) is 16.7. The van der Waals surface area contributed by atoms with Gasteiger partial charge in [0.25, 0.3) is 0 Å². The Morgan fingerprint density at radius 3 is 2.54 bits per heavy atom. The van der Waals surface area contributed by atoms with E-state index in [0.717, 1.165) is 5.69 Å². The summed E-state index contributed by atoms with van der Waals surface area (Å²) in [5.41, 5.74) is 0.927. The molecule has 4 atom stereocenters. The fourth-order valence-corrected chi connectivity index (χ4v) is 3.77. The summed E-state index contributed by atoms with van der Waals surface area (Å²) in [6.45, 7) is 9.67. The molecule has 3 fully saturated rings. The highest BCUT2D eigenvalue weighted by Gasteiger charge is 2.48. The highest BCUT2D eigenvalue weighted by molar-refractivity contribution is 5.74. The maximum atomic E-state index is 12.5. The van der Waals surface area contributed by atoms with Gasteiger partial charge < -0.3 is 29.7 Å². The van der Waals surface area contributed by atoms with Gasteiger partial charge in [0, 0.05) is 24.7 Å². The van der Waals surface area contributed by atoms with Crippen molar-refractivity contribution in [1.29, 1.82) is 0 Å². The first-order valence-corrected chi connectivity index (χ1v) is 9.88. The number of anilines is 1. The highest BCUT2D eigenvalue weighted by atomic mass is 16.6. The average Bonchev–Trinajstić information content (AvgIpc) is 3.26. The summed E-state index contributed by atoms with van der Waals surface area (Å²) in [5, 5.41) is 6.41. The van der Waals surface area contributed by atoms with Gasteiger partial charge >= 0.3 is 6.03 Å². The second-order valence-corrected chi connectivity index (χ2v) is 8.52. The molecule has 2 amide bonds. The molecule has 0 radical (unpaired) electrons. The minimum absolute atomic E-state index is 0.0488. The van der Waals surface area contributed by atoms with Crippen LogP contribution in [0.15, 0.2) is 12.3 Å². The molecule has 0 aliphatic carbocycles. The van der Waals surface area contributed by atoms with Gasteiger partial charge in [0.2, 0.25) is 5.95 Å². The number of hydrogen-bond donors (Lipinski definition) is 2. The lowest BCUT2D eigenvalue weighted by Crippen LogP contribution is -2.52. The third-order valence-electron chi connectivity index (χ3n) is 5.40. The van der Waals surface area contributed by atoms with E-state index in [1.165, 1.54) is 0 Å². The number of rotatable bonds is 3. The molecule has 1 aromatic rings. The molecular formula is C19H29N5O4. The van der Waals surface area contributed by atoms with Gasteiger partial charge in [0.15, 0.2) is 0 Å². The van der Waals surface area contributed by atoms with E-state index in [9.17, 15) is 4.79 Å². The molecular weight excluding hydrogens is 362 g/mol. The second-order valence-electron chi connectivity index (χ2n) is 8.52. The van der Waals surface area contributed by atoms with Crippen LogP contribution in [0.1, 0.15) is 26.5 Å². The van der Waals surface area contributed by atoms with Gasteiger partial charge in [-0.15, -0.1) is 0 Å². The van der Waals surface area contributed by atoms with E-state index in [4.69, 9.17) is 14.2 Å². The number of ether oxygens (including phenoxy) is 3. The van der Waals surface area contributed by atoms with Crippen molar-refractivity contribution in [2.75, 3.05) is 44.8 Å². The molecule has 9 heteroatoms. The zero-order chi connectivity index (χ0) is 19.7. The average molecular weight is 391 g/mol. The molecule has 0 aromatic carbocycles. The van der Waals surface area contributed by atoms with Crippen LogP contribution in [-0.4, -0.2) is 84.7 Å². The van der Waals surface area contributed by atoms with Crippen molar-refractivity contribution in [1.82, 2.24) is 20.2 Å². The van der Waals surface area contributed by atoms with E-state index >= 15 is 0 Å². The lowest BCUT2D eigenvalue weighted by atomic mass is 9.92. The van der Waals surface area contributed by atoms with Crippen LogP contribution in [0.25, 0.3) is 0 Å². The molecule has 0 saturated carbocycles. The van der Waals surface area contributed by atoms with E-state index in [-0.39, 0.29) is 35.7 Å². The molecule has 4 rings (SSSR count). The summed E-state index contributed by atoms with van der Waals surface area (Å²) in [7, 11) is 0. The SMILES string of the molecule is CC(C)(C)c1ccnc(N[C@H]2CO[C@H]3[C@@H]2OC[C@@H]3NC(=O)N2CCOCC2)n1. The van der Waals surface area contributed by atoms with Crippen LogP contribution in [0.4, 0.5) is 10.7 Å². The van der Waals surface area contributed by atoms with Crippen molar-refractivity contribution < 1.29 is 19.0 Å². The first kappa shape index (κ1) is 19.4. The van der Waals surface area contributed by atoms with E-state index in [1.54, 1.807) is 11.1 Å². The predicted molar refractivity (Wildman–Crippen MR) is 102 cm³/mol. The monoisotopic (exact) mass is 391 g/mol. The topological polar surface area (TPSA) is 97.8 Å². The molecule has 0 spiro atoms. The first-order chi connectivity index (χ1) is 13.4. The standard InChI is InChI=1S/C19H29N5O4/c1-19(2,3)14-4-5-20-17(23-14)21-12-10-27-16-13(11-28-15(12)16)22-18(25)24-6-8-26-9-7-24/h4-5,12-13,15-16H,6-11H2,1-3H3,(H,22,25)(H,20,21,23)/t12-,13-,15+,16+/m0/s1. The number of hydrogen-bond acceptors (Lipinski definition) is 7. The van der Waals surface area contributed by atoms with Gasteiger partial charge in [-0.3, -0.25) is 0 Å². The lowest BCUT2D eigenvalue weighted by Gasteiger charge is -2.29. The van der Waals surface area contributed by atoms with Crippen LogP contribution in [0.3, 0.4) is 0 Å². The molecule has 9 nitrogen and oxygen atoms in total. The molecule has 0 bridgehead atoms. The molecule has 3 aliphatic rings. The normalized spacial score (nSPS) is 30.2. The summed E-state index contributed by atoms with van der Waals surface area (Å²) in [5.74, 6) is 0.575. The van der Waals surface area contributed by atoms with Crippen molar-refractivity contribution in [2.24, 2.45) is 0 Å². The Balaban J connectivity index is 1.35. The molecule has 154 valence electrons. The molecule has 3 saturated heterocycles. The number of aromatic nitrogens is 2.